The van der Waals surface area contributed by atoms with Crippen LogP contribution in [0, 0.1) is 6.92 Å². The van der Waals surface area contributed by atoms with Crippen LogP contribution in [-0.2, 0) is 4.74 Å². The molecule has 0 amide bonds. The van der Waals surface area contributed by atoms with Crippen molar-refractivity contribution < 1.29 is 9.53 Å². The van der Waals surface area contributed by atoms with Crippen molar-refractivity contribution in [1.29, 1.82) is 0 Å². The van der Waals surface area contributed by atoms with Crippen molar-refractivity contribution in [2.24, 2.45) is 0 Å². The smallest absolute Gasteiger partial charge is 0.420 e. The van der Waals surface area contributed by atoms with Gasteiger partial charge in [-0.15, -0.1) is 0 Å². The minimum Gasteiger partial charge on any atom is -0.443 e. The van der Waals surface area contributed by atoms with Crippen molar-refractivity contribution in [3.05, 3.63) is 30.1 Å². The van der Waals surface area contributed by atoms with Crippen molar-refractivity contribution >= 4 is 17.1 Å². The van der Waals surface area contributed by atoms with E-state index in [-0.39, 0.29) is 0 Å². The minimum absolute atomic E-state index is 0.394. The van der Waals surface area contributed by atoms with Crippen molar-refractivity contribution in [2.45, 2.75) is 33.3 Å². The van der Waals surface area contributed by atoms with Crippen LogP contribution in [0.1, 0.15) is 26.3 Å². The van der Waals surface area contributed by atoms with Crippen molar-refractivity contribution in [3.8, 4) is 0 Å². The highest BCUT2D eigenvalue weighted by Gasteiger charge is 2.20. The van der Waals surface area contributed by atoms with Gasteiger partial charge in [0.15, 0.2) is 0 Å². The number of pyridine rings is 1. The molecule has 2 aromatic heterocycles. The number of aromatic nitrogens is 2. The fourth-order valence-electron chi connectivity index (χ4n) is 1.67. The first-order chi connectivity index (χ1) is 7.88. The molecule has 17 heavy (non-hydrogen) atoms. The Morgan fingerprint density at radius 1 is 1.41 bits per heavy atom. The summed E-state index contributed by atoms with van der Waals surface area (Å²) < 4.78 is 6.78. The van der Waals surface area contributed by atoms with Gasteiger partial charge in [0.25, 0.3) is 0 Å². The summed E-state index contributed by atoms with van der Waals surface area (Å²) in [5.74, 6) is 0. The van der Waals surface area contributed by atoms with Crippen LogP contribution in [0.3, 0.4) is 0 Å². The summed E-state index contributed by atoms with van der Waals surface area (Å²) in [5, 5.41) is 0.971. The van der Waals surface area contributed by atoms with E-state index in [0.717, 1.165) is 10.9 Å². The second kappa shape index (κ2) is 3.87. The highest BCUT2D eigenvalue weighted by Crippen LogP contribution is 2.19. The molecule has 4 nitrogen and oxygen atoms in total. The fraction of sp³-hybridized carbons (Fsp3) is 0.385. The average molecular weight is 232 g/mol. The van der Waals surface area contributed by atoms with Crippen LogP contribution >= 0.6 is 0 Å². The standard InChI is InChI=1S/C13H16N2O2/c1-9-8-15(12(16)17-13(2,3)4)11-10(9)6-5-7-14-11/h5-8H,1-4H3. The highest BCUT2D eigenvalue weighted by molar-refractivity contribution is 5.89. The van der Waals surface area contributed by atoms with Gasteiger partial charge in [-0.25, -0.2) is 14.3 Å². The molecule has 0 unspecified atom stereocenters. The normalized spacial score (nSPS) is 11.8. The molecule has 2 rings (SSSR count). The van der Waals surface area contributed by atoms with E-state index >= 15 is 0 Å². The second-order valence-corrected chi connectivity index (χ2v) is 5.04. The number of rotatable bonds is 0. The predicted octanol–water partition coefficient (Wildman–Crippen LogP) is 3.13. The molecule has 0 spiro atoms. The Labute approximate surface area is 100 Å². The van der Waals surface area contributed by atoms with Gasteiger partial charge in [0.2, 0.25) is 0 Å². The lowest BCUT2D eigenvalue weighted by atomic mass is 10.2. The molecule has 90 valence electrons. The molecule has 0 aliphatic rings. The number of hydrogen-bond donors (Lipinski definition) is 0. The van der Waals surface area contributed by atoms with Crippen LogP contribution in [0.25, 0.3) is 11.0 Å². The Morgan fingerprint density at radius 2 is 2.12 bits per heavy atom. The molecule has 0 saturated heterocycles. The van der Waals surface area contributed by atoms with Crippen LogP contribution in [0.15, 0.2) is 24.5 Å². The van der Waals surface area contributed by atoms with Crippen molar-refractivity contribution in [3.63, 3.8) is 0 Å². The molecule has 0 aliphatic carbocycles. The maximum atomic E-state index is 12.0. The van der Waals surface area contributed by atoms with Crippen molar-refractivity contribution in [2.75, 3.05) is 0 Å². The van der Waals surface area contributed by atoms with Crippen LogP contribution in [0.4, 0.5) is 4.79 Å². The zero-order valence-corrected chi connectivity index (χ0v) is 10.5. The lowest BCUT2D eigenvalue weighted by Gasteiger charge is -2.19. The second-order valence-electron chi connectivity index (χ2n) is 5.04. The predicted molar refractivity (Wildman–Crippen MR) is 66.1 cm³/mol. The maximum Gasteiger partial charge on any atom is 0.420 e. The summed E-state index contributed by atoms with van der Waals surface area (Å²) in [7, 11) is 0. The third-order valence-electron chi connectivity index (χ3n) is 2.35. The van der Waals surface area contributed by atoms with E-state index in [4.69, 9.17) is 4.74 Å². The van der Waals surface area contributed by atoms with Crippen LogP contribution in [-0.4, -0.2) is 21.2 Å². The van der Waals surface area contributed by atoms with Gasteiger partial charge in [-0.05, 0) is 45.4 Å². The highest BCUT2D eigenvalue weighted by atomic mass is 16.6. The molecule has 0 bridgehead atoms. The molecular weight excluding hydrogens is 216 g/mol. The molecule has 4 heteroatoms. The summed E-state index contributed by atoms with van der Waals surface area (Å²) in [4.78, 5) is 16.2. The lowest BCUT2D eigenvalue weighted by Crippen LogP contribution is -2.26. The van der Waals surface area contributed by atoms with Gasteiger partial charge < -0.3 is 4.74 Å². The summed E-state index contributed by atoms with van der Waals surface area (Å²) >= 11 is 0. The number of carbonyl (C=O) groups excluding carboxylic acids is 1. The van der Waals surface area contributed by atoms with E-state index in [1.165, 1.54) is 4.57 Å². The van der Waals surface area contributed by atoms with E-state index < -0.39 is 11.7 Å². The average Bonchev–Trinajstić information content (AvgIpc) is 2.55. The number of hydrogen-bond acceptors (Lipinski definition) is 3. The maximum absolute atomic E-state index is 12.0. The molecule has 0 fully saturated rings. The monoisotopic (exact) mass is 232 g/mol. The lowest BCUT2D eigenvalue weighted by molar-refractivity contribution is 0.0543. The topological polar surface area (TPSA) is 44.1 Å². The Balaban J connectivity index is 2.46. The molecule has 0 N–H and O–H groups in total. The first-order valence-corrected chi connectivity index (χ1v) is 5.54. The molecule has 2 heterocycles. The van der Waals surface area contributed by atoms with Crippen LogP contribution in [0.2, 0.25) is 0 Å². The van der Waals surface area contributed by atoms with Gasteiger partial charge >= 0.3 is 6.09 Å². The number of nitrogens with zero attached hydrogens (tertiary/aromatic N) is 2. The SMILES string of the molecule is Cc1cn(C(=O)OC(C)(C)C)c2ncccc12. The van der Waals surface area contributed by atoms with Crippen LogP contribution in [0.5, 0.6) is 0 Å². The first kappa shape index (κ1) is 11.6. The van der Waals surface area contributed by atoms with Crippen molar-refractivity contribution in [1.82, 2.24) is 9.55 Å². The van der Waals surface area contributed by atoms with Gasteiger partial charge in [0, 0.05) is 17.8 Å². The molecule has 0 atom stereocenters. The summed E-state index contributed by atoms with van der Waals surface area (Å²) in [6.45, 7) is 7.48. The summed E-state index contributed by atoms with van der Waals surface area (Å²) in [6.07, 6.45) is 3.03. The van der Waals surface area contributed by atoms with E-state index in [2.05, 4.69) is 4.98 Å². The third kappa shape index (κ3) is 2.30. The number of aryl methyl sites for hydroxylation is 1. The Bertz CT molecular complexity index is 564. The van der Waals surface area contributed by atoms with Gasteiger partial charge in [0.1, 0.15) is 11.2 Å². The number of ether oxygens (including phenoxy) is 1. The zero-order valence-electron chi connectivity index (χ0n) is 10.5. The van der Waals surface area contributed by atoms with Gasteiger partial charge in [-0.1, -0.05) is 0 Å². The Hall–Kier alpha value is -1.84. The molecule has 0 saturated carbocycles. The zero-order chi connectivity index (χ0) is 12.6. The first-order valence-electron chi connectivity index (χ1n) is 5.54. The Kier molecular flexibility index (Phi) is 2.65. The summed E-state index contributed by atoms with van der Waals surface area (Å²) in [6, 6.07) is 3.80. The fourth-order valence-corrected chi connectivity index (χ4v) is 1.67. The summed E-state index contributed by atoms with van der Waals surface area (Å²) in [5.41, 5.74) is 1.15. The quantitative estimate of drug-likeness (QED) is 0.701. The van der Waals surface area contributed by atoms with E-state index in [1.807, 2.05) is 39.8 Å². The van der Waals surface area contributed by atoms with E-state index in [9.17, 15) is 4.79 Å². The van der Waals surface area contributed by atoms with E-state index in [0.29, 0.717) is 5.65 Å². The van der Waals surface area contributed by atoms with Gasteiger partial charge in [-0.3, -0.25) is 0 Å². The molecule has 0 radical (unpaired) electrons. The number of fused-ring (bicyclic) bond motifs is 1. The minimum atomic E-state index is -0.504. The largest absolute Gasteiger partial charge is 0.443 e. The van der Waals surface area contributed by atoms with E-state index in [1.54, 1.807) is 12.4 Å². The van der Waals surface area contributed by atoms with Gasteiger partial charge in [0.05, 0.1) is 0 Å². The molecule has 0 aliphatic heterocycles. The molecular formula is C13H16N2O2. The van der Waals surface area contributed by atoms with Gasteiger partial charge in [-0.2, -0.15) is 0 Å². The molecule has 0 aromatic carbocycles. The van der Waals surface area contributed by atoms with Crippen LogP contribution < -0.4 is 0 Å². The third-order valence-corrected chi connectivity index (χ3v) is 2.35. The number of carbonyl (C=O) groups is 1. The Morgan fingerprint density at radius 3 is 2.76 bits per heavy atom. The molecule has 2 aromatic rings.